The molecule has 0 bridgehead atoms. The molecule has 102 valence electrons. The number of nitrogen functional groups attached to an aromatic ring is 1. The molecule has 0 radical (unpaired) electrons. The van der Waals surface area contributed by atoms with Crippen molar-refractivity contribution in [3.05, 3.63) is 30.0 Å². The van der Waals surface area contributed by atoms with Crippen LogP contribution in [0.4, 0.5) is 22.9 Å². The van der Waals surface area contributed by atoms with Gasteiger partial charge in [-0.15, -0.1) is 0 Å². The Kier molecular flexibility index (Phi) is 3.64. The van der Waals surface area contributed by atoms with Crippen molar-refractivity contribution < 1.29 is 0 Å². The standard InChI is InChI=1S/C14H21N5/c1-5-12-13(15)14(19(4)17-12)16-10-7-6-8-11(9-10)18(2)3/h6-9,16H,5,15H2,1-4H3. The van der Waals surface area contributed by atoms with Crippen molar-refractivity contribution in [2.24, 2.45) is 7.05 Å². The molecule has 1 aromatic carbocycles. The van der Waals surface area contributed by atoms with Crippen molar-refractivity contribution in [3.63, 3.8) is 0 Å². The van der Waals surface area contributed by atoms with E-state index in [4.69, 9.17) is 5.73 Å². The fraction of sp³-hybridized carbons (Fsp3) is 0.357. The van der Waals surface area contributed by atoms with E-state index in [1.54, 1.807) is 4.68 Å². The molecule has 2 aromatic rings. The lowest BCUT2D eigenvalue weighted by Gasteiger charge is -2.14. The molecular weight excluding hydrogens is 238 g/mol. The fourth-order valence-electron chi connectivity index (χ4n) is 2.00. The first kappa shape index (κ1) is 13.3. The van der Waals surface area contributed by atoms with Crippen LogP contribution in [0, 0.1) is 0 Å². The smallest absolute Gasteiger partial charge is 0.152 e. The molecule has 0 spiro atoms. The number of nitrogens with zero attached hydrogens (tertiary/aromatic N) is 3. The van der Waals surface area contributed by atoms with Crippen LogP contribution in [0.15, 0.2) is 24.3 Å². The van der Waals surface area contributed by atoms with Gasteiger partial charge in [0.1, 0.15) is 0 Å². The van der Waals surface area contributed by atoms with Gasteiger partial charge in [0.05, 0.1) is 11.4 Å². The zero-order chi connectivity index (χ0) is 14.0. The van der Waals surface area contributed by atoms with Crippen molar-refractivity contribution in [1.29, 1.82) is 0 Å². The SMILES string of the molecule is CCc1nn(C)c(Nc2cccc(N(C)C)c2)c1N. The van der Waals surface area contributed by atoms with Crippen LogP contribution in [0.1, 0.15) is 12.6 Å². The number of hydrogen-bond acceptors (Lipinski definition) is 4. The predicted octanol–water partition coefficient (Wildman–Crippen LogP) is 2.37. The molecule has 3 N–H and O–H groups in total. The highest BCUT2D eigenvalue weighted by atomic mass is 15.3. The second kappa shape index (κ2) is 5.22. The van der Waals surface area contributed by atoms with E-state index in [0.717, 1.165) is 35.0 Å². The Hall–Kier alpha value is -2.17. The van der Waals surface area contributed by atoms with Gasteiger partial charge in [-0.1, -0.05) is 13.0 Å². The molecule has 0 atom stereocenters. The number of benzene rings is 1. The first-order valence-corrected chi connectivity index (χ1v) is 6.38. The summed E-state index contributed by atoms with van der Waals surface area (Å²) in [5.74, 6) is 0.841. The van der Waals surface area contributed by atoms with E-state index < -0.39 is 0 Å². The number of hydrogen-bond donors (Lipinski definition) is 2. The summed E-state index contributed by atoms with van der Waals surface area (Å²) in [7, 11) is 5.94. The van der Waals surface area contributed by atoms with Gasteiger partial charge in [-0.2, -0.15) is 5.10 Å². The van der Waals surface area contributed by atoms with Gasteiger partial charge < -0.3 is 16.0 Å². The Morgan fingerprint density at radius 3 is 2.68 bits per heavy atom. The van der Waals surface area contributed by atoms with Crippen LogP contribution < -0.4 is 16.0 Å². The topological polar surface area (TPSA) is 59.1 Å². The van der Waals surface area contributed by atoms with Gasteiger partial charge in [0, 0.05) is 32.5 Å². The Labute approximate surface area is 114 Å². The fourth-order valence-corrected chi connectivity index (χ4v) is 2.00. The summed E-state index contributed by atoms with van der Waals surface area (Å²) in [6.45, 7) is 2.05. The molecule has 2 rings (SSSR count). The summed E-state index contributed by atoms with van der Waals surface area (Å²) in [4.78, 5) is 2.06. The molecule has 5 heteroatoms. The van der Waals surface area contributed by atoms with Crippen LogP contribution in [-0.2, 0) is 13.5 Å². The number of anilines is 4. The van der Waals surface area contributed by atoms with E-state index in [-0.39, 0.29) is 0 Å². The van der Waals surface area contributed by atoms with Crippen LogP contribution >= 0.6 is 0 Å². The number of aryl methyl sites for hydroxylation is 2. The minimum Gasteiger partial charge on any atom is -0.394 e. The minimum atomic E-state index is 0.722. The molecule has 19 heavy (non-hydrogen) atoms. The molecule has 1 aromatic heterocycles. The molecule has 0 saturated carbocycles. The van der Waals surface area contributed by atoms with Crippen LogP contribution in [0.2, 0.25) is 0 Å². The summed E-state index contributed by atoms with van der Waals surface area (Å²) < 4.78 is 1.79. The lowest BCUT2D eigenvalue weighted by Crippen LogP contribution is -2.09. The van der Waals surface area contributed by atoms with Gasteiger partial charge in [-0.05, 0) is 24.6 Å². The number of nitrogens with one attached hydrogen (secondary N) is 1. The highest BCUT2D eigenvalue weighted by molar-refractivity contribution is 5.72. The third-order valence-corrected chi connectivity index (χ3v) is 3.12. The summed E-state index contributed by atoms with van der Waals surface area (Å²) in [5.41, 5.74) is 9.89. The Morgan fingerprint density at radius 1 is 1.37 bits per heavy atom. The second-order valence-electron chi connectivity index (χ2n) is 4.76. The molecule has 0 aliphatic rings. The number of nitrogens with two attached hydrogens (primary N) is 1. The monoisotopic (exact) mass is 259 g/mol. The maximum atomic E-state index is 6.10. The number of rotatable bonds is 4. The highest BCUT2D eigenvalue weighted by Gasteiger charge is 2.12. The molecule has 0 unspecified atom stereocenters. The zero-order valence-electron chi connectivity index (χ0n) is 11.9. The van der Waals surface area contributed by atoms with Crippen LogP contribution in [0.3, 0.4) is 0 Å². The van der Waals surface area contributed by atoms with Gasteiger partial charge >= 0.3 is 0 Å². The maximum Gasteiger partial charge on any atom is 0.152 e. The molecule has 0 aliphatic carbocycles. The Morgan fingerprint density at radius 2 is 2.11 bits per heavy atom. The quantitative estimate of drug-likeness (QED) is 0.885. The van der Waals surface area contributed by atoms with Crippen LogP contribution in [-0.4, -0.2) is 23.9 Å². The average molecular weight is 259 g/mol. The third kappa shape index (κ3) is 2.65. The first-order chi connectivity index (χ1) is 9.02. The van der Waals surface area contributed by atoms with Crippen molar-refractivity contribution in [2.45, 2.75) is 13.3 Å². The molecule has 5 nitrogen and oxygen atoms in total. The molecular formula is C14H21N5. The van der Waals surface area contributed by atoms with Crippen LogP contribution in [0.25, 0.3) is 0 Å². The van der Waals surface area contributed by atoms with Crippen LogP contribution in [0.5, 0.6) is 0 Å². The van der Waals surface area contributed by atoms with Gasteiger partial charge in [-0.25, -0.2) is 0 Å². The lowest BCUT2D eigenvalue weighted by atomic mass is 10.2. The molecule has 0 saturated heterocycles. The van der Waals surface area contributed by atoms with Crippen molar-refractivity contribution >= 4 is 22.9 Å². The molecule has 0 aliphatic heterocycles. The van der Waals surface area contributed by atoms with E-state index in [2.05, 4.69) is 34.4 Å². The van der Waals surface area contributed by atoms with Gasteiger partial charge in [0.25, 0.3) is 0 Å². The van der Waals surface area contributed by atoms with E-state index in [1.165, 1.54) is 0 Å². The summed E-state index contributed by atoms with van der Waals surface area (Å²) in [6.07, 6.45) is 0.832. The predicted molar refractivity (Wildman–Crippen MR) is 81.1 cm³/mol. The summed E-state index contributed by atoms with van der Waals surface area (Å²) >= 11 is 0. The molecule has 1 heterocycles. The largest absolute Gasteiger partial charge is 0.394 e. The zero-order valence-corrected chi connectivity index (χ0v) is 11.9. The average Bonchev–Trinajstić information content (AvgIpc) is 2.66. The Balaban J connectivity index is 2.31. The van der Waals surface area contributed by atoms with Crippen molar-refractivity contribution in [1.82, 2.24) is 9.78 Å². The van der Waals surface area contributed by atoms with E-state index in [9.17, 15) is 0 Å². The highest BCUT2D eigenvalue weighted by Crippen LogP contribution is 2.27. The summed E-state index contributed by atoms with van der Waals surface area (Å²) in [6, 6.07) is 8.18. The normalized spacial score (nSPS) is 10.5. The van der Waals surface area contributed by atoms with Crippen molar-refractivity contribution in [2.75, 3.05) is 30.0 Å². The lowest BCUT2D eigenvalue weighted by molar-refractivity contribution is 0.753. The number of aromatic nitrogens is 2. The summed E-state index contributed by atoms with van der Waals surface area (Å²) in [5, 5.41) is 7.74. The van der Waals surface area contributed by atoms with Gasteiger partial charge in [0.15, 0.2) is 5.82 Å². The molecule has 0 amide bonds. The third-order valence-electron chi connectivity index (χ3n) is 3.12. The van der Waals surface area contributed by atoms with E-state index in [1.807, 2.05) is 33.3 Å². The minimum absolute atomic E-state index is 0.722. The maximum absolute atomic E-state index is 6.10. The molecule has 0 fully saturated rings. The van der Waals surface area contributed by atoms with Gasteiger partial charge in [-0.3, -0.25) is 4.68 Å². The van der Waals surface area contributed by atoms with E-state index in [0.29, 0.717) is 0 Å². The second-order valence-corrected chi connectivity index (χ2v) is 4.76. The first-order valence-electron chi connectivity index (χ1n) is 6.38. The van der Waals surface area contributed by atoms with E-state index >= 15 is 0 Å². The Bertz CT molecular complexity index is 571. The van der Waals surface area contributed by atoms with Gasteiger partial charge in [0.2, 0.25) is 0 Å². The van der Waals surface area contributed by atoms with Crippen molar-refractivity contribution in [3.8, 4) is 0 Å².